The van der Waals surface area contributed by atoms with E-state index in [1.807, 2.05) is 109 Å². The summed E-state index contributed by atoms with van der Waals surface area (Å²) in [5.41, 5.74) is 2.32. The summed E-state index contributed by atoms with van der Waals surface area (Å²) in [6.07, 6.45) is 0. The predicted octanol–water partition coefficient (Wildman–Crippen LogP) is 6.28. The highest BCUT2D eigenvalue weighted by atomic mass is 35.5. The lowest BCUT2D eigenvalue weighted by Gasteiger charge is -2.66. The summed E-state index contributed by atoms with van der Waals surface area (Å²) in [4.78, 5) is 28.4. The van der Waals surface area contributed by atoms with Gasteiger partial charge in [-0.1, -0.05) is 121 Å². The molecule has 184 valence electrons. The number of rotatable bonds is 6. The number of nitro groups is 1. The van der Waals surface area contributed by atoms with Crippen molar-refractivity contribution in [2.45, 2.75) is 29.5 Å². The average Bonchev–Trinajstić information content (AvgIpc) is 2.90. The molecule has 0 amide bonds. The van der Waals surface area contributed by atoms with Crippen LogP contribution >= 0.6 is 11.6 Å². The van der Waals surface area contributed by atoms with Crippen molar-refractivity contribution in [1.29, 1.82) is 0 Å². The van der Waals surface area contributed by atoms with E-state index in [9.17, 15) is 14.9 Å². The molecule has 2 fully saturated rings. The topological polar surface area (TPSA) is 63.5 Å². The summed E-state index contributed by atoms with van der Waals surface area (Å²) >= 11 is 6.61. The fourth-order valence-electron chi connectivity index (χ4n) is 6.60. The summed E-state index contributed by atoms with van der Waals surface area (Å²) in [5, 5.41) is 13.3. The van der Waals surface area contributed by atoms with E-state index in [2.05, 4.69) is 4.90 Å². The monoisotopic (exact) mass is 508 g/mol. The van der Waals surface area contributed by atoms with E-state index in [4.69, 9.17) is 11.6 Å². The van der Waals surface area contributed by atoms with E-state index in [0.29, 0.717) is 10.6 Å². The molecule has 6 rings (SSSR count). The highest BCUT2D eigenvalue weighted by Crippen LogP contribution is 2.65. The van der Waals surface area contributed by atoms with Crippen LogP contribution in [0.15, 0.2) is 115 Å². The first kappa shape index (κ1) is 23.6. The number of benzene rings is 4. The summed E-state index contributed by atoms with van der Waals surface area (Å²) in [7, 11) is 0. The Labute approximate surface area is 220 Å². The Morgan fingerprint density at radius 2 is 1.32 bits per heavy atom. The molecular weight excluding hydrogens is 484 g/mol. The first-order valence-corrected chi connectivity index (χ1v) is 12.8. The fraction of sp³-hybridized carbons (Fsp3) is 0.194. The maximum absolute atomic E-state index is 13.8. The maximum atomic E-state index is 13.8. The Morgan fingerprint density at radius 1 is 0.811 bits per heavy atom. The highest BCUT2D eigenvalue weighted by molar-refractivity contribution is 6.31. The van der Waals surface area contributed by atoms with Gasteiger partial charge in [0, 0.05) is 15.9 Å². The van der Waals surface area contributed by atoms with Gasteiger partial charge in [-0.2, -0.15) is 0 Å². The molecule has 0 unspecified atom stereocenters. The molecule has 1 saturated carbocycles. The molecule has 0 aromatic heterocycles. The van der Waals surface area contributed by atoms with Gasteiger partial charge < -0.3 is 0 Å². The van der Waals surface area contributed by atoms with Gasteiger partial charge in [-0.25, -0.2) is 0 Å². The number of Topliss-reactive ketones (excluding diaryl/α,β-unsaturated/α-hetero) is 1. The third kappa shape index (κ3) is 3.53. The number of halogens is 1. The zero-order chi connectivity index (χ0) is 25.6. The van der Waals surface area contributed by atoms with E-state index in [-0.39, 0.29) is 23.3 Å². The smallest absolute Gasteiger partial charge is 0.246 e. The molecule has 5 nitrogen and oxygen atoms in total. The molecule has 4 aromatic rings. The summed E-state index contributed by atoms with van der Waals surface area (Å²) in [6.45, 7) is 0.150. The average molecular weight is 509 g/mol. The summed E-state index contributed by atoms with van der Waals surface area (Å²) in [6, 6.07) is 35.4. The number of carbonyl (C=O) groups excluding carboxylic acids is 1. The molecule has 1 aliphatic heterocycles. The summed E-state index contributed by atoms with van der Waals surface area (Å²) in [5.74, 6) is -1.05. The lowest BCUT2D eigenvalue weighted by atomic mass is 9.46. The van der Waals surface area contributed by atoms with Crippen LogP contribution in [0.1, 0.15) is 40.1 Å². The van der Waals surface area contributed by atoms with Crippen LogP contribution in [0.5, 0.6) is 0 Å². The van der Waals surface area contributed by atoms with E-state index in [1.165, 1.54) is 0 Å². The molecule has 37 heavy (non-hydrogen) atoms. The van der Waals surface area contributed by atoms with Crippen molar-refractivity contribution in [2.75, 3.05) is 6.54 Å². The van der Waals surface area contributed by atoms with Crippen molar-refractivity contribution >= 4 is 17.4 Å². The second-order valence-electron chi connectivity index (χ2n) is 9.77. The van der Waals surface area contributed by atoms with Crippen molar-refractivity contribution in [1.82, 2.24) is 4.90 Å². The maximum Gasteiger partial charge on any atom is 0.246 e. The molecule has 6 heteroatoms. The highest BCUT2D eigenvalue weighted by Gasteiger charge is 2.80. The van der Waals surface area contributed by atoms with E-state index >= 15 is 0 Å². The van der Waals surface area contributed by atoms with Gasteiger partial charge >= 0.3 is 0 Å². The number of hydrogen-bond donors (Lipinski definition) is 0. The minimum absolute atomic E-state index is 0.0942. The second-order valence-corrected chi connectivity index (χ2v) is 10.2. The Kier molecular flexibility index (Phi) is 5.90. The first-order valence-electron chi connectivity index (χ1n) is 12.4. The zero-order valence-electron chi connectivity index (χ0n) is 20.0. The molecule has 1 aliphatic carbocycles. The quantitative estimate of drug-likeness (QED) is 0.227. The van der Waals surface area contributed by atoms with Crippen LogP contribution in [0, 0.1) is 10.1 Å². The van der Waals surface area contributed by atoms with Gasteiger partial charge in [-0.3, -0.25) is 19.8 Å². The lowest BCUT2D eigenvalue weighted by molar-refractivity contribution is -0.564. The van der Waals surface area contributed by atoms with Crippen molar-refractivity contribution < 1.29 is 9.72 Å². The Morgan fingerprint density at radius 3 is 1.84 bits per heavy atom. The molecule has 2 aliphatic rings. The summed E-state index contributed by atoms with van der Waals surface area (Å²) < 4.78 is 0. The minimum atomic E-state index is -1.29. The van der Waals surface area contributed by atoms with Crippen LogP contribution in [0.25, 0.3) is 0 Å². The van der Waals surface area contributed by atoms with Crippen LogP contribution in [0.2, 0.25) is 5.02 Å². The number of likely N-dealkylation sites (tertiary alicyclic amines) is 1. The van der Waals surface area contributed by atoms with E-state index in [1.54, 1.807) is 6.07 Å². The molecule has 1 saturated heterocycles. The van der Waals surface area contributed by atoms with Crippen LogP contribution in [0.3, 0.4) is 0 Å². The van der Waals surface area contributed by atoms with Crippen LogP contribution in [0.4, 0.5) is 0 Å². The zero-order valence-corrected chi connectivity index (χ0v) is 20.7. The predicted molar refractivity (Wildman–Crippen MR) is 143 cm³/mol. The van der Waals surface area contributed by atoms with Gasteiger partial charge in [-0.15, -0.1) is 0 Å². The van der Waals surface area contributed by atoms with Gasteiger partial charge in [0.15, 0.2) is 11.3 Å². The van der Waals surface area contributed by atoms with Crippen molar-refractivity contribution in [3.05, 3.63) is 153 Å². The van der Waals surface area contributed by atoms with E-state index in [0.717, 1.165) is 16.7 Å². The molecule has 0 N–H and O–H groups in total. The number of carbonyl (C=O) groups is 1. The van der Waals surface area contributed by atoms with Crippen LogP contribution in [-0.4, -0.2) is 33.7 Å². The molecule has 4 atom stereocenters. The molecule has 0 bridgehead atoms. The first-order chi connectivity index (χ1) is 18.0. The number of hydrogen-bond acceptors (Lipinski definition) is 4. The Bertz CT molecular complexity index is 1410. The Balaban J connectivity index is 1.57. The van der Waals surface area contributed by atoms with Crippen molar-refractivity contribution in [3.63, 3.8) is 0 Å². The second kappa shape index (κ2) is 9.25. The van der Waals surface area contributed by atoms with E-state index < -0.39 is 23.4 Å². The third-order valence-electron chi connectivity index (χ3n) is 8.05. The molecule has 4 aromatic carbocycles. The van der Waals surface area contributed by atoms with Crippen molar-refractivity contribution in [2.24, 2.45) is 0 Å². The van der Waals surface area contributed by atoms with Crippen LogP contribution in [-0.2, 0) is 4.79 Å². The van der Waals surface area contributed by atoms with Gasteiger partial charge in [-0.05, 0) is 28.3 Å². The normalized spacial score (nSPS) is 25.0. The largest absolute Gasteiger partial charge is 0.296 e. The third-order valence-corrected chi connectivity index (χ3v) is 8.40. The lowest BCUT2D eigenvalue weighted by Crippen LogP contribution is -2.85. The van der Waals surface area contributed by atoms with Gasteiger partial charge in [0.1, 0.15) is 0 Å². The van der Waals surface area contributed by atoms with Crippen molar-refractivity contribution in [3.8, 4) is 0 Å². The number of ketones is 1. The Hall–Kier alpha value is -3.80. The SMILES string of the molecule is O=C1CN(C(c2ccccc2)c2ccccc2)[C@]12[C@H](c1ccccc1)[C@@H](c1ccccc1Cl)[C@@H]2[N+](=O)[O-]. The molecular formula is C31H25ClN2O3. The number of nitrogens with zero attached hydrogens (tertiary/aromatic N) is 2. The van der Waals surface area contributed by atoms with Gasteiger partial charge in [0.05, 0.1) is 18.5 Å². The van der Waals surface area contributed by atoms with Gasteiger partial charge in [0.2, 0.25) is 6.04 Å². The molecule has 0 radical (unpaired) electrons. The fourth-order valence-corrected chi connectivity index (χ4v) is 6.86. The van der Waals surface area contributed by atoms with Gasteiger partial charge in [0.25, 0.3) is 0 Å². The molecule has 1 heterocycles. The minimum Gasteiger partial charge on any atom is -0.296 e. The molecule has 1 spiro atoms. The van der Waals surface area contributed by atoms with Crippen LogP contribution < -0.4 is 0 Å². The standard InChI is InChI=1S/C31H25ClN2O3/c32-25-19-11-10-18-24(25)27-28(21-12-4-1-5-13-21)31(30(27)34(36)37)26(35)20-33(31)29(22-14-6-2-7-15-22)23-16-8-3-9-17-23/h1-19,27-30H,20H2/t27-,28-,30+,31+/m1/s1.